The van der Waals surface area contributed by atoms with Crippen LogP contribution in [0.3, 0.4) is 0 Å². The molecule has 0 spiro atoms. The number of hydrogen-bond donors (Lipinski definition) is 1. The first-order valence-corrected chi connectivity index (χ1v) is 7.25. The van der Waals surface area contributed by atoms with E-state index in [1.165, 1.54) is 11.3 Å². The van der Waals surface area contributed by atoms with Gasteiger partial charge in [0.25, 0.3) is 5.89 Å². The Bertz CT molecular complexity index is 509. The van der Waals surface area contributed by atoms with Gasteiger partial charge in [-0.3, -0.25) is 0 Å². The Balaban J connectivity index is 2.00. The molecule has 2 heterocycles. The highest BCUT2D eigenvalue weighted by molar-refractivity contribution is 7.14. The zero-order chi connectivity index (χ0) is 13.0. The largest absolute Gasteiger partial charge is 0.420 e. The molecule has 0 saturated carbocycles. The minimum absolute atomic E-state index is 0.525. The predicted molar refractivity (Wildman–Crippen MR) is 74.2 cm³/mol. The van der Waals surface area contributed by atoms with E-state index in [0.717, 1.165) is 36.4 Å². The number of nitrogens with one attached hydrogen (secondary N) is 1. The summed E-state index contributed by atoms with van der Waals surface area (Å²) in [5.74, 6) is 1.20. The molecule has 0 saturated heterocycles. The highest BCUT2D eigenvalue weighted by Crippen LogP contribution is 2.35. The maximum Gasteiger partial charge on any atom is 0.259 e. The van der Waals surface area contributed by atoms with Crippen molar-refractivity contribution in [3.05, 3.63) is 21.9 Å². The first kappa shape index (κ1) is 13.5. The molecule has 0 amide bonds. The fourth-order valence-corrected chi connectivity index (χ4v) is 2.76. The van der Waals surface area contributed by atoms with Gasteiger partial charge in [-0.1, -0.05) is 18.5 Å². The molecule has 0 radical (unpaired) electrons. The third-order valence-corrected chi connectivity index (χ3v) is 4.24. The highest BCUT2D eigenvalue weighted by Gasteiger charge is 2.15. The van der Waals surface area contributed by atoms with E-state index in [-0.39, 0.29) is 0 Å². The zero-order valence-electron chi connectivity index (χ0n) is 10.5. The van der Waals surface area contributed by atoms with Crippen LogP contribution >= 0.6 is 22.9 Å². The molecule has 0 aliphatic rings. The molecule has 6 heteroatoms. The highest BCUT2D eigenvalue weighted by atomic mass is 35.5. The van der Waals surface area contributed by atoms with Crippen LogP contribution in [0.25, 0.3) is 10.8 Å². The average molecular weight is 286 g/mol. The quantitative estimate of drug-likeness (QED) is 0.828. The Morgan fingerprint density at radius 1 is 1.44 bits per heavy atom. The normalized spacial score (nSPS) is 11.1. The summed E-state index contributed by atoms with van der Waals surface area (Å²) >= 11 is 7.70. The van der Waals surface area contributed by atoms with Crippen molar-refractivity contribution in [1.29, 1.82) is 0 Å². The lowest BCUT2D eigenvalue weighted by Gasteiger charge is -1.97. The second-order valence-corrected chi connectivity index (χ2v) is 5.28. The summed E-state index contributed by atoms with van der Waals surface area (Å²) in [6.45, 7) is 6.01. The Morgan fingerprint density at radius 3 is 2.94 bits per heavy atom. The van der Waals surface area contributed by atoms with Crippen LogP contribution in [0.4, 0.5) is 0 Å². The summed E-state index contributed by atoms with van der Waals surface area (Å²) in [6, 6.07) is 0. The fourth-order valence-electron chi connectivity index (χ4n) is 1.56. The Hall–Kier alpha value is -0.910. The van der Waals surface area contributed by atoms with Crippen molar-refractivity contribution < 1.29 is 4.42 Å². The molecule has 4 nitrogen and oxygen atoms in total. The Labute approximate surface area is 115 Å². The summed E-state index contributed by atoms with van der Waals surface area (Å²) in [5.41, 5.74) is 1.04. The van der Waals surface area contributed by atoms with Crippen molar-refractivity contribution >= 4 is 22.9 Å². The van der Waals surface area contributed by atoms with E-state index in [0.29, 0.717) is 16.8 Å². The maximum atomic E-state index is 6.17. The van der Waals surface area contributed by atoms with Gasteiger partial charge < -0.3 is 9.73 Å². The second-order valence-electron chi connectivity index (χ2n) is 4.02. The van der Waals surface area contributed by atoms with Crippen LogP contribution in [-0.2, 0) is 6.42 Å². The molecule has 0 aliphatic carbocycles. The van der Waals surface area contributed by atoms with E-state index in [1.54, 1.807) is 0 Å². The summed E-state index contributed by atoms with van der Waals surface area (Å²) in [4.78, 5) is 0.861. The van der Waals surface area contributed by atoms with Gasteiger partial charge in [-0.25, -0.2) is 0 Å². The van der Waals surface area contributed by atoms with Crippen LogP contribution in [0.15, 0.2) is 9.80 Å². The van der Waals surface area contributed by atoms with Gasteiger partial charge >= 0.3 is 0 Å². The van der Waals surface area contributed by atoms with Crippen LogP contribution in [0, 0.1) is 6.92 Å². The molecular formula is C12H16ClN3OS. The topological polar surface area (TPSA) is 51.0 Å². The van der Waals surface area contributed by atoms with Gasteiger partial charge in [0.1, 0.15) is 4.88 Å². The summed E-state index contributed by atoms with van der Waals surface area (Å²) in [7, 11) is 0. The van der Waals surface area contributed by atoms with E-state index in [2.05, 4.69) is 22.4 Å². The van der Waals surface area contributed by atoms with Crippen LogP contribution in [0.1, 0.15) is 24.8 Å². The van der Waals surface area contributed by atoms with Gasteiger partial charge in [-0.05, 0) is 37.4 Å². The fraction of sp³-hybridized carbons (Fsp3) is 0.500. The molecule has 0 bridgehead atoms. The molecule has 0 fully saturated rings. The van der Waals surface area contributed by atoms with Crippen LogP contribution in [-0.4, -0.2) is 23.3 Å². The number of aryl methyl sites for hydroxylation is 2. The monoisotopic (exact) mass is 285 g/mol. The average Bonchev–Trinajstić information content (AvgIpc) is 2.94. The molecule has 0 aromatic carbocycles. The molecule has 0 unspecified atom stereocenters. The van der Waals surface area contributed by atoms with Crippen molar-refractivity contribution in [3.8, 4) is 10.8 Å². The third kappa shape index (κ3) is 3.10. The lowest BCUT2D eigenvalue weighted by molar-refractivity contribution is 0.493. The molecule has 98 valence electrons. The standard InChI is InChI=1S/C12H16ClN3OS/c1-3-14-6-4-5-9-15-16-12(17-9)11-10(13)8(2)7-18-11/h7,14H,3-6H2,1-2H3. The summed E-state index contributed by atoms with van der Waals surface area (Å²) in [5, 5.41) is 14.1. The van der Waals surface area contributed by atoms with Crippen molar-refractivity contribution in [2.24, 2.45) is 0 Å². The molecule has 2 aromatic rings. The lowest BCUT2D eigenvalue weighted by Crippen LogP contribution is -2.14. The first-order chi connectivity index (χ1) is 8.72. The van der Waals surface area contributed by atoms with Gasteiger partial charge in [0.05, 0.1) is 5.02 Å². The number of thiophene rings is 1. The zero-order valence-corrected chi connectivity index (χ0v) is 12.1. The molecule has 1 N–H and O–H groups in total. The number of hydrogen-bond acceptors (Lipinski definition) is 5. The van der Waals surface area contributed by atoms with Gasteiger partial charge in [0, 0.05) is 6.42 Å². The Morgan fingerprint density at radius 2 is 2.28 bits per heavy atom. The Kier molecular flexibility index (Phi) is 4.74. The van der Waals surface area contributed by atoms with E-state index in [4.69, 9.17) is 16.0 Å². The van der Waals surface area contributed by atoms with Crippen molar-refractivity contribution in [3.63, 3.8) is 0 Å². The predicted octanol–water partition coefficient (Wildman–Crippen LogP) is 3.30. The van der Waals surface area contributed by atoms with E-state index < -0.39 is 0 Å². The van der Waals surface area contributed by atoms with Crippen molar-refractivity contribution in [2.45, 2.75) is 26.7 Å². The minimum atomic E-state index is 0.525. The summed E-state index contributed by atoms with van der Waals surface area (Å²) < 4.78 is 5.62. The molecule has 18 heavy (non-hydrogen) atoms. The van der Waals surface area contributed by atoms with Crippen LogP contribution in [0.2, 0.25) is 5.02 Å². The van der Waals surface area contributed by atoms with Crippen LogP contribution in [0.5, 0.6) is 0 Å². The molecule has 0 aliphatic heterocycles. The first-order valence-electron chi connectivity index (χ1n) is 5.99. The summed E-state index contributed by atoms with van der Waals surface area (Å²) in [6.07, 6.45) is 1.79. The maximum absolute atomic E-state index is 6.17. The van der Waals surface area contributed by atoms with Crippen molar-refractivity contribution in [2.75, 3.05) is 13.1 Å². The number of nitrogens with zero attached hydrogens (tertiary/aromatic N) is 2. The third-order valence-electron chi connectivity index (χ3n) is 2.55. The minimum Gasteiger partial charge on any atom is -0.420 e. The van der Waals surface area contributed by atoms with Gasteiger partial charge in [0.15, 0.2) is 0 Å². The number of rotatable bonds is 6. The molecule has 0 atom stereocenters. The number of halogens is 1. The molecule has 2 aromatic heterocycles. The van der Waals surface area contributed by atoms with Crippen molar-refractivity contribution in [1.82, 2.24) is 15.5 Å². The van der Waals surface area contributed by atoms with E-state index in [1.807, 2.05) is 12.3 Å². The van der Waals surface area contributed by atoms with Gasteiger partial charge in [-0.15, -0.1) is 21.5 Å². The molecular weight excluding hydrogens is 270 g/mol. The van der Waals surface area contributed by atoms with E-state index >= 15 is 0 Å². The van der Waals surface area contributed by atoms with Crippen LogP contribution < -0.4 is 5.32 Å². The SMILES string of the molecule is CCNCCCc1nnc(-c2scc(C)c2Cl)o1. The van der Waals surface area contributed by atoms with E-state index in [9.17, 15) is 0 Å². The lowest BCUT2D eigenvalue weighted by atomic mass is 10.3. The second kappa shape index (κ2) is 6.31. The van der Waals surface area contributed by atoms with Gasteiger partial charge in [-0.2, -0.15) is 0 Å². The molecule has 2 rings (SSSR count). The smallest absolute Gasteiger partial charge is 0.259 e. The number of aromatic nitrogens is 2. The van der Waals surface area contributed by atoms with Gasteiger partial charge in [0.2, 0.25) is 5.89 Å².